The van der Waals surface area contributed by atoms with Crippen molar-refractivity contribution < 1.29 is 19.1 Å². The molecule has 31 heavy (non-hydrogen) atoms. The van der Waals surface area contributed by atoms with Crippen LogP contribution in [0.3, 0.4) is 0 Å². The van der Waals surface area contributed by atoms with Crippen molar-refractivity contribution in [1.82, 2.24) is 9.47 Å². The van der Waals surface area contributed by atoms with E-state index in [0.717, 1.165) is 41.1 Å². The SMILES string of the molecule is Cc1cc(C(=O)CN2C(=O)c3cccc4cccc(c34)C2=O)c(C)n1C[C@H]1CCCO1. The molecule has 6 heteroatoms. The summed E-state index contributed by atoms with van der Waals surface area (Å²) in [4.78, 5) is 40.5. The number of benzene rings is 2. The highest BCUT2D eigenvalue weighted by Crippen LogP contribution is 2.30. The molecule has 1 aromatic heterocycles. The van der Waals surface area contributed by atoms with Crippen molar-refractivity contribution in [2.45, 2.75) is 39.3 Å². The third-order valence-electron chi connectivity index (χ3n) is 6.44. The van der Waals surface area contributed by atoms with Gasteiger partial charge in [0.2, 0.25) is 0 Å². The summed E-state index contributed by atoms with van der Waals surface area (Å²) in [5.74, 6) is -1.08. The number of aromatic nitrogens is 1. The molecule has 0 bridgehead atoms. The molecule has 3 aromatic rings. The Bertz CT molecular complexity index is 1180. The Morgan fingerprint density at radius 2 is 1.74 bits per heavy atom. The second-order valence-corrected chi connectivity index (χ2v) is 8.36. The van der Waals surface area contributed by atoms with Gasteiger partial charge < -0.3 is 9.30 Å². The molecule has 0 radical (unpaired) electrons. The minimum absolute atomic E-state index is 0.162. The zero-order chi connectivity index (χ0) is 21.7. The lowest BCUT2D eigenvalue weighted by molar-refractivity contribution is 0.0585. The van der Waals surface area contributed by atoms with Crippen LogP contribution in [0, 0.1) is 13.8 Å². The molecule has 0 aliphatic carbocycles. The number of aryl methyl sites for hydroxylation is 1. The summed E-state index contributed by atoms with van der Waals surface area (Å²) < 4.78 is 7.84. The number of imide groups is 1. The molecule has 0 saturated carbocycles. The van der Waals surface area contributed by atoms with Crippen LogP contribution in [-0.4, -0.2) is 46.3 Å². The number of carbonyl (C=O) groups excluding carboxylic acids is 3. The van der Waals surface area contributed by atoms with E-state index in [-0.39, 0.29) is 18.4 Å². The van der Waals surface area contributed by atoms with E-state index in [9.17, 15) is 14.4 Å². The van der Waals surface area contributed by atoms with E-state index in [0.29, 0.717) is 28.6 Å². The minimum atomic E-state index is -0.421. The molecule has 0 unspecified atom stereocenters. The minimum Gasteiger partial charge on any atom is -0.376 e. The molecule has 0 spiro atoms. The first kappa shape index (κ1) is 19.7. The van der Waals surface area contributed by atoms with Crippen molar-refractivity contribution >= 4 is 28.4 Å². The fourth-order valence-corrected chi connectivity index (χ4v) is 4.81. The van der Waals surface area contributed by atoms with Crippen LogP contribution >= 0.6 is 0 Å². The molecule has 1 saturated heterocycles. The maximum absolute atomic E-state index is 13.2. The number of carbonyl (C=O) groups is 3. The molecule has 2 amide bonds. The van der Waals surface area contributed by atoms with Crippen LogP contribution in [0.4, 0.5) is 0 Å². The Hall–Kier alpha value is -3.25. The van der Waals surface area contributed by atoms with Crippen molar-refractivity contribution in [2.24, 2.45) is 0 Å². The van der Waals surface area contributed by atoms with Gasteiger partial charge in [0.15, 0.2) is 5.78 Å². The first-order valence-electron chi connectivity index (χ1n) is 10.6. The third kappa shape index (κ3) is 3.18. The van der Waals surface area contributed by atoms with E-state index in [1.807, 2.05) is 32.0 Å². The van der Waals surface area contributed by atoms with E-state index in [1.54, 1.807) is 24.3 Å². The first-order valence-corrected chi connectivity index (χ1v) is 10.6. The number of ketones is 1. The summed E-state index contributed by atoms with van der Waals surface area (Å²) in [5, 5.41) is 1.51. The number of rotatable bonds is 5. The number of Topliss-reactive ketones (excluding diaryl/α,β-unsaturated/α-hetero) is 1. The lowest BCUT2D eigenvalue weighted by atomic mass is 9.94. The number of hydrogen-bond donors (Lipinski definition) is 0. The smallest absolute Gasteiger partial charge is 0.261 e. The predicted molar refractivity (Wildman–Crippen MR) is 117 cm³/mol. The Labute approximate surface area is 180 Å². The zero-order valence-electron chi connectivity index (χ0n) is 17.7. The highest BCUT2D eigenvalue weighted by molar-refractivity contribution is 6.26. The monoisotopic (exact) mass is 416 g/mol. The summed E-state index contributed by atoms with van der Waals surface area (Å²) in [6, 6.07) is 12.6. The molecular weight excluding hydrogens is 392 g/mol. The Morgan fingerprint density at radius 3 is 2.35 bits per heavy atom. The Balaban J connectivity index is 1.43. The molecule has 5 rings (SSSR count). The van der Waals surface area contributed by atoms with Gasteiger partial charge >= 0.3 is 0 Å². The number of nitrogens with zero attached hydrogens (tertiary/aromatic N) is 2. The van der Waals surface area contributed by atoms with Gasteiger partial charge in [-0.25, -0.2) is 0 Å². The van der Waals surface area contributed by atoms with Crippen molar-refractivity contribution in [3.63, 3.8) is 0 Å². The molecule has 1 atom stereocenters. The van der Waals surface area contributed by atoms with Gasteiger partial charge in [0, 0.05) is 46.6 Å². The summed E-state index contributed by atoms with van der Waals surface area (Å²) in [7, 11) is 0. The average Bonchev–Trinajstić information content (AvgIpc) is 3.38. The second kappa shape index (κ2) is 7.46. The Morgan fingerprint density at radius 1 is 1.06 bits per heavy atom. The fraction of sp³-hybridized carbons (Fsp3) is 0.320. The second-order valence-electron chi connectivity index (χ2n) is 8.36. The van der Waals surface area contributed by atoms with Crippen molar-refractivity contribution in [2.75, 3.05) is 13.2 Å². The van der Waals surface area contributed by atoms with E-state index in [1.165, 1.54) is 0 Å². The largest absolute Gasteiger partial charge is 0.376 e. The van der Waals surface area contributed by atoms with Gasteiger partial charge in [-0.3, -0.25) is 19.3 Å². The van der Waals surface area contributed by atoms with Gasteiger partial charge in [-0.05, 0) is 50.3 Å². The molecule has 6 nitrogen and oxygen atoms in total. The third-order valence-corrected chi connectivity index (χ3v) is 6.44. The number of hydrogen-bond acceptors (Lipinski definition) is 4. The summed E-state index contributed by atoms with van der Waals surface area (Å²) in [5.41, 5.74) is 3.29. The molecule has 2 aromatic carbocycles. The fourth-order valence-electron chi connectivity index (χ4n) is 4.81. The van der Waals surface area contributed by atoms with Gasteiger partial charge in [0.25, 0.3) is 11.8 Å². The zero-order valence-corrected chi connectivity index (χ0v) is 17.7. The van der Waals surface area contributed by atoms with Crippen LogP contribution in [0.25, 0.3) is 10.8 Å². The summed E-state index contributed by atoms with van der Waals surface area (Å²) in [6.07, 6.45) is 2.24. The predicted octanol–water partition coefficient (Wildman–Crippen LogP) is 3.92. The van der Waals surface area contributed by atoms with Crippen molar-refractivity contribution in [1.29, 1.82) is 0 Å². The van der Waals surface area contributed by atoms with Gasteiger partial charge in [-0.15, -0.1) is 0 Å². The lowest BCUT2D eigenvalue weighted by Gasteiger charge is -2.26. The molecule has 2 aliphatic heterocycles. The molecule has 0 N–H and O–H groups in total. The molecule has 158 valence electrons. The van der Waals surface area contributed by atoms with Gasteiger partial charge in [-0.2, -0.15) is 0 Å². The lowest BCUT2D eigenvalue weighted by Crippen LogP contribution is -2.43. The van der Waals surface area contributed by atoms with Crippen LogP contribution in [0.1, 0.15) is 55.3 Å². The standard InChI is InChI=1S/C25H24N2O4/c1-15-12-21(16(2)26(15)13-18-8-5-11-31-18)22(28)14-27-24(29)19-9-3-6-17-7-4-10-20(23(17)19)25(27)30/h3-4,6-7,9-10,12,18H,5,8,11,13-14H2,1-2H3/t18-/m1/s1. The van der Waals surface area contributed by atoms with Gasteiger partial charge in [-0.1, -0.05) is 24.3 Å². The van der Waals surface area contributed by atoms with Gasteiger partial charge in [0.1, 0.15) is 0 Å². The van der Waals surface area contributed by atoms with Crippen molar-refractivity contribution in [3.05, 3.63) is 70.5 Å². The van der Waals surface area contributed by atoms with Crippen LogP contribution in [0.15, 0.2) is 42.5 Å². The van der Waals surface area contributed by atoms with E-state index < -0.39 is 11.8 Å². The molecular formula is C25H24N2O4. The quantitative estimate of drug-likeness (QED) is 0.467. The van der Waals surface area contributed by atoms with E-state index in [4.69, 9.17) is 4.74 Å². The average molecular weight is 416 g/mol. The van der Waals surface area contributed by atoms with Crippen molar-refractivity contribution in [3.8, 4) is 0 Å². The summed E-state index contributed by atoms with van der Waals surface area (Å²) >= 11 is 0. The van der Waals surface area contributed by atoms with E-state index >= 15 is 0 Å². The highest BCUT2D eigenvalue weighted by Gasteiger charge is 2.34. The number of ether oxygens (including phenoxy) is 1. The summed E-state index contributed by atoms with van der Waals surface area (Å²) in [6.45, 7) is 5.09. The normalized spacial score (nSPS) is 18.3. The van der Waals surface area contributed by atoms with Crippen LogP contribution in [-0.2, 0) is 11.3 Å². The topological polar surface area (TPSA) is 68.6 Å². The highest BCUT2D eigenvalue weighted by atomic mass is 16.5. The van der Waals surface area contributed by atoms with Crippen LogP contribution < -0.4 is 0 Å². The van der Waals surface area contributed by atoms with Gasteiger partial charge in [0.05, 0.1) is 12.6 Å². The molecule has 2 aliphatic rings. The first-order chi connectivity index (χ1) is 15.0. The maximum atomic E-state index is 13.2. The maximum Gasteiger partial charge on any atom is 0.261 e. The molecule has 1 fully saturated rings. The molecule has 3 heterocycles. The Kier molecular flexibility index (Phi) is 4.74. The van der Waals surface area contributed by atoms with Crippen LogP contribution in [0.2, 0.25) is 0 Å². The number of amides is 2. The van der Waals surface area contributed by atoms with E-state index in [2.05, 4.69) is 4.57 Å². The van der Waals surface area contributed by atoms with Crippen LogP contribution in [0.5, 0.6) is 0 Å².